The molecule has 0 radical (unpaired) electrons. The van der Waals surface area contributed by atoms with Crippen LogP contribution in [-0.2, 0) is 17.1 Å². The van der Waals surface area contributed by atoms with Crippen LogP contribution in [0, 0.1) is 5.92 Å². The molecule has 0 heterocycles. The Kier molecular flexibility index (Phi) is 27.7. The molecule has 0 aliphatic heterocycles. The van der Waals surface area contributed by atoms with Crippen LogP contribution in [0.3, 0.4) is 0 Å². The Morgan fingerprint density at radius 2 is 1.16 bits per heavy atom. The zero-order valence-corrected chi connectivity index (χ0v) is 25.8. The summed E-state index contributed by atoms with van der Waals surface area (Å²) in [6.45, 7) is 24.2. The zero-order valence-electron chi connectivity index (χ0n) is 22.9. The molecule has 0 N–H and O–H groups in total. The van der Waals surface area contributed by atoms with Crippen molar-refractivity contribution in [2.75, 3.05) is 26.7 Å². The van der Waals surface area contributed by atoms with Gasteiger partial charge in [0.1, 0.15) is 0 Å². The van der Waals surface area contributed by atoms with Gasteiger partial charge in [0, 0.05) is 17.1 Å². The van der Waals surface area contributed by atoms with E-state index in [0.717, 1.165) is 17.5 Å². The summed E-state index contributed by atoms with van der Waals surface area (Å²) in [5.74, 6) is 1.68. The summed E-state index contributed by atoms with van der Waals surface area (Å²) in [7, 11) is 0.229. The number of benzene rings is 1. The van der Waals surface area contributed by atoms with Crippen molar-refractivity contribution in [3.8, 4) is 0 Å². The van der Waals surface area contributed by atoms with Crippen molar-refractivity contribution in [1.82, 2.24) is 0 Å². The van der Waals surface area contributed by atoms with Crippen LogP contribution in [0.15, 0.2) is 24.3 Å². The van der Waals surface area contributed by atoms with Gasteiger partial charge in [0.05, 0.1) is 0 Å². The first-order valence-electron chi connectivity index (χ1n) is 12.9. The Morgan fingerprint density at radius 3 is 1.58 bits per heavy atom. The second-order valence-electron chi connectivity index (χ2n) is 8.14. The van der Waals surface area contributed by atoms with Crippen LogP contribution in [0.5, 0.6) is 0 Å². The molecule has 3 rings (SSSR count). The monoisotopic (exact) mass is 510 g/mol. The smallest absolute Gasteiger partial charge is 0 e. The third-order valence-electron chi connectivity index (χ3n) is 6.00. The maximum absolute atomic E-state index is 2.49. The molecule has 0 aromatic heterocycles. The average molecular weight is 511 g/mol. The summed E-state index contributed by atoms with van der Waals surface area (Å²) in [6.07, 6.45) is 11.9. The Labute approximate surface area is 211 Å². The van der Waals surface area contributed by atoms with Gasteiger partial charge in [-0.3, -0.25) is 0 Å². The van der Waals surface area contributed by atoms with Gasteiger partial charge in [-0.25, -0.2) is 0 Å². The van der Waals surface area contributed by atoms with Gasteiger partial charge in [-0.15, -0.1) is 7.92 Å². The van der Waals surface area contributed by atoms with Gasteiger partial charge in [-0.2, -0.15) is 0 Å². The van der Waals surface area contributed by atoms with E-state index in [0.29, 0.717) is 0 Å². The molecule has 0 bridgehead atoms. The molecule has 2 unspecified atom stereocenters. The van der Waals surface area contributed by atoms with E-state index in [4.69, 9.17) is 0 Å². The molecule has 0 amide bonds. The van der Waals surface area contributed by atoms with E-state index in [1.165, 1.54) is 51.4 Å². The van der Waals surface area contributed by atoms with E-state index in [-0.39, 0.29) is 32.9 Å². The normalized spacial score (nSPS) is 19.9. The molecule has 1 aromatic carbocycles. The summed E-state index contributed by atoms with van der Waals surface area (Å²) in [5.41, 5.74) is 2.64. The van der Waals surface area contributed by atoms with Crippen molar-refractivity contribution < 1.29 is 17.1 Å². The molecule has 0 spiro atoms. The Morgan fingerprint density at radius 1 is 0.710 bits per heavy atom. The van der Waals surface area contributed by atoms with Crippen molar-refractivity contribution in [2.24, 2.45) is 5.92 Å². The van der Waals surface area contributed by atoms with Gasteiger partial charge >= 0.3 is 0 Å². The summed E-state index contributed by atoms with van der Waals surface area (Å²) < 4.78 is 0. The van der Waals surface area contributed by atoms with Crippen LogP contribution in [0.2, 0.25) is 0 Å². The summed E-state index contributed by atoms with van der Waals surface area (Å²) >= 11 is 0. The van der Waals surface area contributed by atoms with Crippen LogP contribution in [-0.4, -0.2) is 32.3 Å². The first kappa shape index (κ1) is 36.2. The van der Waals surface area contributed by atoms with Gasteiger partial charge in [-0.05, 0) is 67.9 Å². The van der Waals surface area contributed by atoms with Crippen molar-refractivity contribution >= 4 is 21.1 Å². The zero-order chi connectivity index (χ0) is 23.5. The summed E-state index contributed by atoms with van der Waals surface area (Å²) in [6, 6.07) is 9.21. The maximum atomic E-state index is 2.49. The van der Waals surface area contributed by atoms with E-state index in [1.807, 2.05) is 41.5 Å². The summed E-state index contributed by atoms with van der Waals surface area (Å²) in [5, 5.41) is 1.63. The number of hydrogen-bond donors (Lipinski definition) is 0. The van der Waals surface area contributed by atoms with Crippen LogP contribution in [0.25, 0.3) is 0 Å². The van der Waals surface area contributed by atoms with E-state index < -0.39 is 0 Å². The third-order valence-corrected chi connectivity index (χ3v) is 9.33. The topological polar surface area (TPSA) is 0 Å². The van der Waals surface area contributed by atoms with Gasteiger partial charge in [0.25, 0.3) is 0 Å². The van der Waals surface area contributed by atoms with Gasteiger partial charge < -0.3 is 0 Å². The van der Waals surface area contributed by atoms with Crippen LogP contribution in [0.1, 0.15) is 111 Å². The second-order valence-corrected chi connectivity index (χ2v) is 13.0. The molecule has 0 saturated heterocycles. The summed E-state index contributed by atoms with van der Waals surface area (Å²) in [4.78, 5) is 0. The number of hydrogen-bond acceptors (Lipinski definition) is 0. The first-order valence-corrected chi connectivity index (χ1v) is 17.5. The first-order chi connectivity index (χ1) is 14.5. The molecule has 3 atom stereocenters. The second kappa shape index (κ2) is 23.7. The van der Waals surface area contributed by atoms with Crippen molar-refractivity contribution in [3.05, 3.63) is 29.8 Å². The number of rotatable bonds is 4. The van der Waals surface area contributed by atoms with Crippen LogP contribution < -0.4 is 5.30 Å². The SMILES string of the molecule is C1CCCC1.CC.CC.CC.C[C@H](c1ccccc1P(C)C)C1CCCC1P(C)C.[Fe]. The van der Waals surface area contributed by atoms with Crippen molar-refractivity contribution in [2.45, 2.75) is 111 Å². The molecule has 3 heteroatoms. The van der Waals surface area contributed by atoms with Crippen LogP contribution in [0.4, 0.5) is 0 Å². The van der Waals surface area contributed by atoms with E-state index in [9.17, 15) is 0 Å². The molecule has 186 valence electrons. The minimum atomic E-state index is 0. The predicted octanol–water partition coefficient (Wildman–Crippen LogP) is 10.1. The molecule has 2 aliphatic rings. The molecule has 2 aliphatic carbocycles. The van der Waals surface area contributed by atoms with E-state index in [1.54, 1.807) is 10.9 Å². The average Bonchev–Trinajstić information content (AvgIpc) is 3.52. The standard InChI is InChI=1S/C17H28P2.C5H10.3C2H6.Fe/c1-13(15-10-8-12-17(15)19(4)5)14-9-6-7-11-16(14)18(2)3;1-2-4-5-3-1;3*1-2;/h6-7,9,11,13,15,17H,8,10,12H2,1-5H3;1-5H2;3*1-2H3;/t13-,15?,17?;;;;;/m1...../s1. The van der Waals surface area contributed by atoms with Crippen molar-refractivity contribution in [3.63, 3.8) is 0 Å². The van der Waals surface area contributed by atoms with Crippen molar-refractivity contribution in [1.29, 1.82) is 0 Å². The van der Waals surface area contributed by atoms with Crippen LogP contribution >= 0.6 is 15.8 Å². The minimum absolute atomic E-state index is 0. The molecule has 2 saturated carbocycles. The fourth-order valence-corrected chi connectivity index (χ4v) is 7.64. The fourth-order valence-electron chi connectivity index (χ4n) is 4.59. The Bertz CT molecular complexity index is 476. The Hall–Kier alpha value is 0.599. The van der Waals surface area contributed by atoms with Gasteiger partial charge in [0.2, 0.25) is 0 Å². The molecule has 31 heavy (non-hydrogen) atoms. The predicted molar refractivity (Wildman–Crippen MR) is 150 cm³/mol. The molecular formula is C28H56FeP2. The molecule has 1 aromatic rings. The van der Waals surface area contributed by atoms with E-state index in [2.05, 4.69) is 57.8 Å². The fraction of sp³-hybridized carbons (Fsp3) is 0.786. The maximum Gasteiger partial charge on any atom is 0 e. The van der Waals surface area contributed by atoms with Gasteiger partial charge in [0.15, 0.2) is 0 Å². The molecular weight excluding hydrogens is 454 g/mol. The third kappa shape index (κ3) is 13.8. The largest absolute Gasteiger partial charge is 0.110 e. The van der Waals surface area contributed by atoms with Gasteiger partial charge in [-0.1, -0.05) is 119 Å². The Balaban J connectivity index is -0.000000549. The molecule has 2 fully saturated rings. The minimum Gasteiger partial charge on any atom is -0.110 e. The van der Waals surface area contributed by atoms with E-state index >= 15 is 0 Å². The molecule has 0 nitrogen and oxygen atoms in total. The quantitative estimate of drug-likeness (QED) is 0.279.